The van der Waals surface area contributed by atoms with Gasteiger partial charge in [0.2, 0.25) is 0 Å². The molecule has 1 atom stereocenters. The molecule has 1 unspecified atom stereocenters. The van der Waals surface area contributed by atoms with Gasteiger partial charge in [-0.2, -0.15) is 0 Å². The van der Waals surface area contributed by atoms with Crippen LogP contribution in [-0.2, 0) is 4.74 Å². The minimum absolute atomic E-state index is 0.529. The lowest BCUT2D eigenvalue weighted by atomic mass is 10.2. The maximum atomic E-state index is 5.05. The summed E-state index contributed by atoms with van der Waals surface area (Å²) in [7, 11) is 1.73. The molecule has 2 heterocycles. The third-order valence-electron chi connectivity index (χ3n) is 3.37. The van der Waals surface area contributed by atoms with E-state index in [1.807, 2.05) is 6.26 Å². The van der Waals surface area contributed by atoms with E-state index in [4.69, 9.17) is 4.74 Å². The number of nitrogens with zero attached hydrogens (tertiary/aromatic N) is 3. The van der Waals surface area contributed by atoms with E-state index in [2.05, 4.69) is 26.3 Å². The van der Waals surface area contributed by atoms with Gasteiger partial charge in [0.25, 0.3) is 0 Å². The van der Waals surface area contributed by atoms with Gasteiger partial charge in [0.05, 0.1) is 6.61 Å². The molecule has 106 valence electrons. The number of rotatable bonds is 7. The summed E-state index contributed by atoms with van der Waals surface area (Å²) in [5.74, 6) is 1.05. The third-order valence-corrected chi connectivity index (χ3v) is 4.01. The molecule has 1 fully saturated rings. The van der Waals surface area contributed by atoms with E-state index in [0.717, 1.165) is 37.1 Å². The fourth-order valence-corrected chi connectivity index (χ4v) is 2.77. The standard InChI is InChI=1S/C13H22N4OS/c1-18-7-5-14-9-11-4-3-6-17(11)12-8-13(19-2)16-10-15-12/h8,10-11,14H,3-7,9H2,1-2H3. The zero-order chi connectivity index (χ0) is 13.5. The largest absolute Gasteiger partial charge is 0.383 e. The number of aromatic nitrogens is 2. The number of ether oxygens (including phenoxy) is 1. The Kier molecular flexibility index (Phi) is 5.88. The van der Waals surface area contributed by atoms with Gasteiger partial charge in [0.1, 0.15) is 17.2 Å². The SMILES string of the molecule is COCCNCC1CCCN1c1cc(SC)ncn1. The second-order valence-electron chi connectivity index (χ2n) is 4.60. The molecule has 1 aliphatic rings. The Balaban J connectivity index is 1.93. The number of methoxy groups -OCH3 is 1. The molecule has 0 amide bonds. The van der Waals surface area contributed by atoms with Crippen molar-refractivity contribution < 1.29 is 4.74 Å². The molecule has 0 radical (unpaired) electrons. The monoisotopic (exact) mass is 282 g/mol. The lowest BCUT2D eigenvalue weighted by molar-refractivity contribution is 0.199. The minimum Gasteiger partial charge on any atom is -0.383 e. The summed E-state index contributed by atoms with van der Waals surface area (Å²) in [4.78, 5) is 11.0. The molecular weight excluding hydrogens is 260 g/mol. The van der Waals surface area contributed by atoms with Crippen molar-refractivity contribution in [1.29, 1.82) is 0 Å². The van der Waals surface area contributed by atoms with Crippen molar-refractivity contribution >= 4 is 17.6 Å². The molecule has 1 N–H and O–H groups in total. The Labute approximate surface area is 119 Å². The lowest BCUT2D eigenvalue weighted by Gasteiger charge is -2.26. The zero-order valence-electron chi connectivity index (χ0n) is 11.6. The molecule has 1 aromatic rings. The zero-order valence-corrected chi connectivity index (χ0v) is 12.4. The summed E-state index contributed by atoms with van der Waals surface area (Å²) < 4.78 is 5.05. The van der Waals surface area contributed by atoms with E-state index in [-0.39, 0.29) is 0 Å². The van der Waals surface area contributed by atoms with Gasteiger partial charge in [0, 0.05) is 38.9 Å². The molecule has 0 saturated carbocycles. The normalized spacial score (nSPS) is 19.1. The first kappa shape index (κ1) is 14.6. The summed E-state index contributed by atoms with van der Waals surface area (Å²) in [5, 5.41) is 4.47. The highest BCUT2D eigenvalue weighted by atomic mass is 32.2. The first-order chi connectivity index (χ1) is 9.35. The topological polar surface area (TPSA) is 50.3 Å². The Morgan fingerprint density at radius 2 is 2.42 bits per heavy atom. The molecular formula is C13H22N4OS. The Hall–Kier alpha value is -0.850. The van der Waals surface area contributed by atoms with Gasteiger partial charge in [0.15, 0.2) is 0 Å². The van der Waals surface area contributed by atoms with Crippen molar-refractivity contribution in [1.82, 2.24) is 15.3 Å². The predicted molar refractivity (Wildman–Crippen MR) is 78.9 cm³/mol. The van der Waals surface area contributed by atoms with Crippen molar-refractivity contribution in [3.63, 3.8) is 0 Å². The fourth-order valence-electron chi connectivity index (χ4n) is 2.39. The molecule has 1 aliphatic heterocycles. The molecule has 2 rings (SSSR count). The average molecular weight is 282 g/mol. The maximum Gasteiger partial charge on any atom is 0.133 e. The Morgan fingerprint density at radius 1 is 1.53 bits per heavy atom. The maximum absolute atomic E-state index is 5.05. The van der Waals surface area contributed by atoms with Gasteiger partial charge in [-0.15, -0.1) is 11.8 Å². The third kappa shape index (κ3) is 4.06. The summed E-state index contributed by atoms with van der Waals surface area (Å²) in [6.45, 7) is 3.74. The first-order valence-corrected chi connectivity index (χ1v) is 7.90. The quantitative estimate of drug-likeness (QED) is 0.463. The van der Waals surface area contributed by atoms with Crippen LogP contribution in [0.25, 0.3) is 0 Å². The van der Waals surface area contributed by atoms with Crippen molar-refractivity contribution in [2.45, 2.75) is 23.9 Å². The van der Waals surface area contributed by atoms with Crippen LogP contribution in [0.3, 0.4) is 0 Å². The molecule has 6 heteroatoms. The van der Waals surface area contributed by atoms with E-state index in [9.17, 15) is 0 Å². The summed E-state index contributed by atoms with van der Waals surface area (Å²) in [5.41, 5.74) is 0. The molecule has 5 nitrogen and oxygen atoms in total. The summed E-state index contributed by atoms with van der Waals surface area (Å²) in [6.07, 6.45) is 6.16. The van der Waals surface area contributed by atoms with Crippen LogP contribution in [0.2, 0.25) is 0 Å². The van der Waals surface area contributed by atoms with Crippen LogP contribution in [-0.4, -0.2) is 55.6 Å². The van der Waals surface area contributed by atoms with Crippen LogP contribution in [0.5, 0.6) is 0 Å². The highest BCUT2D eigenvalue weighted by molar-refractivity contribution is 7.98. The molecule has 1 aromatic heterocycles. The van der Waals surface area contributed by atoms with E-state index < -0.39 is 0 Å². The molecule has 0 bridgehead atoms. The summed E-state index contributed by atoms with van der Waals surface area (Å²) in [6, 6.07) is 2.61. The van der Waals surface area contributed by atoms with Crippen LogP contribution < -0.4 is 10.2 Å². The van der Waals surface area contributed by atoms with Gasteiger partial charge in [-0.3, -0.25) is 0 Å². The van der Waals surface area contributed by atoms with Gasteiger partial charge in [-0.25, -0.2) is 9.97 Å². The first-order valence-electron chi connectivity index (χ1n) is 6.67. The van der Waals surface area contributed by atoms with Gasteiger partial charge >= 0.3 is 0 Å². The van der Waals surface area contributed by atoms with Crippen molar-refractivity contribution in [3.8, 4) is 0 Å². The molecule has 1 saturated heterocycles. The van der Waals surface area contributed by atoms with Crippen LogP contribution in [0.4, 0.5) is 5.82 Å². The second-order valence-corrected chi connectivity index (χ2v) is 5.43. The number of anilines is 1. The van der Waals surface area contributed by atoms with Gasteiger partial charge < -0.3 is 15.0 Å². The van der Waals surface area contributed by atoms with Crippen LogP contribution in [0.15, 0.2) is 17.4 Å². The van der Waals surface area contributed by atoms with Crippen molar-refractivity contribution in [3.05, 3.63) is 12.4 Å². The van der Waals surface area contributed by atoms with Crippen LogP contribution >= 0.6 is 11.8 Å². The van der Waals surface area contributed by atoms with Crippen LogP contribution in [0.1, 0.15) is 12.8 Å². The average Bonchev–Trinajstić information content (AvgIpc) is 2.92. The molecule has 0 aliphatic carbocycles. The Morgan fingerprint density at radius 3 is 3.21 bits per heavy atom. The number of thioether (sulfide) groups is 1. The number of nitrogens with one attached hydrogen (secondary N) is 1. The molecule has 19 heavy (non-hydrogen) atoms. The highest BCUT2D eigenvalue weighted by Crippen LogP contribution is 2.25. The minimum atomic E-state index is 0.529. The summed E-state index contributed by atoms with van der Waals surface area (Å²) >= 11 is 1.66. The van der Waals surface area contributed by atoms with E-state index in [1.165, 1.54) is 12.8 Å². The van der Waals surface area contributed by atoms with Gasteiger partial charge in [-0.1, -0.05) is 0 Å². The fraction of sp³-hybridized carbons (Fsp3) is 0.692. The van der Waals surface area contributed by atoms with E-state index in [0.29, 0.717) is 6.04 Å². The van der Waals surface area contributed by atoms with E-state index in [1.54, 1.807) is 25.2 Å². The smallest absolute Gasteiger partial charge is 0.133 e. The second kappa shape index (κ2) is 7.67. The molecule has 0 spiro atoms. The Bertz CT molecular complexity index is 391. The van der Waals surface area contributed by atoms with Crippen LogP contribution in [0, 0.1) is 0 Å². The highest BCUT2D eigenvalue weighted by Gasteiger charge is 2.25. The van der Waals surface area contributed by atoms with E-state index >= 15 is 0 Å². The predicted octanol–water partition coefficient (Wildman–Crippen LogP) is 1.40. The number of hydrogen-bond acceptors (Lipinski definition) is 6. The number of hydrogen-bond donors (Lipinski definition) is 1. The lowest BCUT2D eigenvalue weighted by Crippen LogP contribution is -2.39. The van der Waals surface area contributed by atoms with Crippen molar-refractivity contribution in [2.24, 2.45) is 0 Å². The molecule has 0 aromatic carbocycles. The van der Waals surface area contributed by atoms with Gasteiger partial charge in [-0.05, 0) is 19.1 Å². The van der Waals surface area contributed by atoms with Crippen molar-refractivity contribution in [2.75, 3.05) is 44.5 Å².